The molecule has 74 valence electrons. The van der Waals surface area contributed by atoms with Crippen LogP contribution in [-0.4, -0.2) is 21.4 Å². The second-order valence-electron chi connectivity index (χ2n) is 2.39. The first kappa shape index (κ1) is 10.4. The summed E-state index contributed by atoms with van der Waals surface area (Å²) >= 11 is 5.49. The molecule has 0 amide bonds. The lowest BCUT2D eigenvalue weighted by atomic mass is 10.5. The molecular weight excluding hydrogens is 208 g/mol. The molecule has 0 radical (unpaired) electrons. The van der Waals surface area contributed by atoms with Gasteiger partial charge < -0.3 is 5.32 Å². The van der Waals surface area contributed by atoms with Crippen molar-refractivity contribution in [1.82, 2.24) is 9.97 Å². The van der Waals surface area contributed by atoms with Gasteiger partial charge >= 0.3 is 5.69 Å². The molecule has 0 aliphatic rings. The molecule has 0 spiro atoms. The third-order valence-corrected chi connectivity index (χ3v) is 1.42. The highest BCUT2D eigenvalue weighted by Gasteiger charge is 2.05. The topological polar surface area (TPSA) is 81.0 Å². The monoisotopic (exact) mass is 214 g/mol. The molecule has 0 bridgehead atoms. The average molecular weight is 215 g/mol. The summed E-state index contributed by atoms with van der Waals surface area (Å²) in [5.41, 5.74) is -0.153. The van der Waals surface area contributed by atoms with Crippen molar-refractivity contribution in [3.63, 3.8) is 0 Å². The predicted molar refractivity (Wildman–Crippen MR) is 52.2 cm³/mol. The van der Waals surface area contributed by atoms with Crippen LogP contribution in [0.25, 0.3) is 0 Å². The summed E-state index contributed by atoms with van der Waals surface area (Å²) in [6.45, 7) is 3.77. The average Bonchev–Trinajstić information content (AvgIpc) is 2.15. The predicted octanol–water partition coefficient (Wildman–Crippen LogP) is 1.55. The molecule has 7 heteroatoms. The van der Waals surface area contributed by atoms with Crippen molar-refractivity contribution < 1.29 is 4.92 Å². The van der Waals surface area contributed by atoms with Crippen LogP contribution in [0.3, 0.4) is 0 Å². The Morgan fingerprint density at radius 2 is 2.21 bits per heavy atom. The number of nitro groups is 1. The van der Waals surface area contributed by atoms with E-state index in [0.29, 0.717) is 11.6 Å². The molecule has 1 rings (SSSR count). The minimum Gasteiger partial charge on any atom is -0.349 e. The normalized spacial score (nSPS) is 9.50. The number of hydrogen-bond acceptors (Lipinski definition) is 5. The maximum Gasteiger partial charge on any atom is 0.305 e. The lowest BCUT2D eigenvalue weighted by Crippen LogP contribution is -2.05. The fraction of sp³-hybridized carbons (Fsp3) is 0.143. The van der Waals surface area contributed by atoms with Crippen LogP contribution in [0.15, 0.2) is 24.0 Å². The first-order valence-corrected chi connectivity index (χ1v) is 4.01. The van der Waals surface area contributed by atoms with Gasteiger partial charge in [0, 0.05) is 5.03 Å². The zero-order valence-corrected chi connectivity index (χ0v) is 7.86. The molecule has 6 nitrogen and oxygen atoms in total. The summed E-state index contributed by atoms with van der Waals surface area (Å²) in [6, 6.07) is 0. The molecule has 1 N–H and O–H groups in total. The highest BCUT2D eigenvalue weighted by Crippen LogP contribution is 2.08. The molecule has 0 aliphatic carbocycles. The Balaban J connectivity index is 2.64. The van der Waals surface area contributed by atoms with E-state index in [4.69, 9.17) is 11.6 Å². The number of halogens is 1. The van der Waals surface area contributed by atoms with Crippen molar-refractivity contribution in [3.05, 3.63) is 34.1 Å². The summed E-state index contributed by atoms with van der Waals surface area (Å²) in [5, 5.41) is 13.4. The van der Waals surface area contributed by atoms with E-state index in [9.17, 15) is 10.1 Å². The zero-order chi connectivity index (χ0) is 10.6. The molecule has 1 heterocycles. The quantitative estimate of drug-likeness (QED) is 0.608. The Morgan fingerprint density at radius 3 is 2.64 bits per heavy atom. The van der Waals surface area contributed by atoms with Crippen LogP contribution in [0.1, 0.15) is 0 Å². The Hall–Kier alpha value is -1.69. The van der Waals surface area contributed by atoms with Crippen LogP contribution >= 0.6 is 11.6 Å². The van der Waals surface area contributed by atoms with Gasteiger partial charge in [0.1, 0.15) is 12.4 Å². The second kappa shape index (κ2) is 4.52. The molecule has 0 saturated heterocycles. The minimum atomic E-state index is -0.565. The third kappa shape index (κ3) is 2.98. The fourth-order valence-electron chi connectivity index (χ4n) is 0.682. The minimum absolute atomic E-state index is 0.153. The first-order chi connectivity index (χ1) is 6.59. The standard InChI is InChI=1S/C7H7ClN4O2/c1-5(8)2-9-7-10-3-6(4-11-7)12(13)14/h3-4H,1-2H2,(H,9,10,11). The number of nitrogens with one attached hydrogen (secondary N) is 1. The number of rotatable bonds is 4. The number of anilines is 1. The summed E-state index contributed by atoms with van der Waals surface area (Å²) < 4.78 is 0. The van der Waals surface area contributed by atoms with E-state index in [1.807, 2.05) is 0 Å². The van der Waals surface area contributed by atoms with Crippen molar-refractivity contribution in [1.29, 1.82) is 0 Å². The van der Waals surface area contributed by atoms with Crippen LogP contribution in [0.4, 0.5) is 11.6 Å². The van der Waals surface area contributed by atoms with Crippen molar-refractivity contribution in [2.45, 2.75) is 0 Å². The van der Waals surface area contributed by atoms with Crippen LogP contribution in [-0.2, 0) is 0 Å². The van der Waals surface area contributed by atoms with Gasteiger partial charge in [-0.25, -0.2) is 9.97 Å². The molecular formula is C7H7ClN4O2. The Labute approximate surface area is 84.8 Å². The van der Waals surface area contributed by atoms with E-state index in [0.717, 1.165) is 12.4 Å². The Morgan fingerprint density at radius 1 is 1.64 bits per heavy atom. The van der Waals surface area contributed by atoms with Gasteiger partial charge in [0.05, 0.1) is 11.5 Å². The number of aromatic nitrogens is 2. The van der Waals surface area contributed by atoms with Gasteiger partial charge in [0.25, 0.3) is 0 Å². The van der Waals surface area contributed by atoms with E-state index in [-0.39, 0.29) is 11.6 Å². The van der Waals surface area contributed by atoms with Crippen molar-refractivity contribution in [2.75, 3.05) is 11.9 Å². The van der Waals surface area contributed by atoms with Crippen LogP contribution in [0, 0.1) is 10.1 Å². The van der Waals surface area contributed by atoms with Gasteiger partial charge in [0.15, 0.2) is 0 Å². The van der Waals surface area contributed by atoms with Gasteiger partial charge in [-0.15, -0.1) is 0 Å². The SMILES string of the molecule is C=C(Cl)CNc1ncc([N+](=O)[O-])cn1. The molecule has 0 saturated carbocycles. The molecule has 1 aromatic rings. The van der Waals surface area contributed by atoms with Gasteiger partial charge in [-0.1, -0.05) is 18.2 Å². The Bertz CT molecular complexity index is 351. The fourth-order valence-corrected chi connectivity index (χ4v) is 0.749. The first-order valence-electron chi connectivity index (χ1n) is 3.63. The van der Waals surface area contributed by atoms with E-state index in [1.54, 1.807) is 0 Å². The van der Waals surface area contributed by atoms with E-state index in [2.05, 4.69) is 21.9 Å². The molecule has 0 fully saturated rings. The Kier molecular flexibility index (Phi) is 3.35. The summed E-state index contributed by atoms with van der Waals surface area (Å²) in [4.78, 5) is 17.1. The smallest absolute Gasteiger partial charge is 0.305 e. The van der Waals surface area contributed by atoms with E-state index >= 15 is 0 Å². The molecule has 0 aliphatic heterocycles. The van der Waals surface area contributed by atoms with Crippen LogP contribution < -0.4 is 5.32 Å². The van der Waals surface area contributed by atoms with Crippen molar-refractivity contribution in [3.8, 4) is 0 Å². The molecule has 0 aromatic carbocycles. The van der Waals surface area contributed by atoms with Crippen molar-refractivity contribution in [2.24, 2.45) is 0 Å². The molecule has 0 unspecified atom stereocenters. The summed E-state index contributed by atoms with van der Waals surface area (Å²) in [5.74, 6) is 0.275. The maximum absolute atomic E-state index is 10.2. The van der Waals surface area contributed by atoms with E-state index < -0.39 is 4.92 Å². The van der Waals surface area contributed by atoms with Gasteiger partial charge in [-0.2, -0.15) is 0 Å². The van der Waals surface area contributed by atoms with Crippen LogP contribution in [0.2, 0.25) is 0 Å². The molecule has 0 atom stereocenters. The molecule has 1 aromatic heterocycles. The highest BCUT2D eigenvalue weighted by molar-refractivity contribution is 6.29. The van der Waals surface area contributed by atoms with Gasteiger partial charge in [-0.05, 0) is 0 Å². The zero-order valence-electron chi connectivity index (χ0n) is 7.11. The van der Waals surface area contributed by atoms with Gasteiger partial charge in [-0.3, -0.25) is 10.1 Å². The molecule has 14 heavy (non-hydrogen) atoms. The summed E-state index contributed by atoms with van der Waals surface area (Å²) in [6.07, 6.45) is 2.23. The lowest BCUT2D eigenvalue weighted by molar-refractivity contribution is -0.385. The maximum atomic E-state index is 10.2. The second-order valence-corrected chi connectivity index (χ2v) is 2.93. The largest absolute Gasteiger partial charge is 0.349 e. The van der Waals surface area contributed by atoms with E-state index in [1.165, 1.54) is 0 Å². The number of hydrogen-bond donors (Lipinski definition) is 1. The third-order valence-electron chi connectivity index (χ3n) is 1.29. The van der Waals surface area contributed by atoms with Gasteiger partial charge in [0.2, 0.25) is 5.95 Å². The summed E-state index contributed by atoms with van der Waals surface area (Å²) in [7, 11) is 0. The van der Waals surface area contributed by atoms with Crippen molar-refractivity contribution >= 4 is 23.2 Å². The van der Waals surface area contributed by atoms with Crippen LogP contribution in [0.5, 0.6) is 0 Å². The number of nitrogens with zero attached hydrogens (tertiary/aromatic N) is 3. The lowest BCUT2D eigenvalue weighted by Gasteiger charge is -2.00. The highest BCUT2D eigenvalue weighted by atomic mass is 35.5.